The summed E-state index contributed by atoms with van der Waals surface area (Å²) in [4.78, 5) is 19.2. The van der Waals surface area contributed by atoms with Crippen LogP contribution in [0.15, 0.2) is 53.1 Å². The Hall–Kier alpha value is -3.26. The zero-order valence-corrected chi connectivity index (χ0v) is 17.4. The summed E-state index contributed by atoms with van der Waals surface area (Å²) in [7, 11) is 1.58. The topological polar surface area (TPSA) is 80.5 Å². The standard InChI is InChI=1S/C23H25FN4O3/c1-30-20-7-3-2-6-19(20)25-21(29)12-14-28-13-4-5-17(15-28)23-26-22(27-31-23)16-8-10-18(24)11-9-16/h2-3,6-11,17H,4-5,12-15H2,1H3,(H,25,29). The Bertz CT molecular complexity index is 1020. The molecule has 1 aliphatic rings. The Balaban J connectivity index is 1.32. The maximum Gasteiger partial charge on any atom is 0.231 e. The van der Waals surface area contributed by atoms with Gasteiger partial charge in [0, 0.05) is 25.1 Å². The molecular weight excluding hydrogens is 399 g/mol. The van der Waals surface area contributed by atoms with Crippen molar-refractivity contribution in [1.29, 1.82) is 0 Å². The molecule has 1 aromatic heterocycles. The number of rotatable bonds is 7. The van der Waals surface area contributed by atoms with Crippen molar-refractivity contribution in [3.8, 4) is 17.1 Å². The molecule has 1 aliphatic heterocycles. The van der Waals surface area contributed by atoms with Gasteiger partial charge in [-0.2, -0.15) is 4.98 Å². The van der Waals surface area contributed by atoms with Crippen LogP contribution in [0, 0.1) is 5.82 Å². The first-order valence-electron chi connectivity index (χ1n) is 10.4. The van der Waals surface area contributed by atoms with Crippen molar-refractivity contribution in [2.24, 2.45) is 0 Å². The summed E-state index contributed by atoms with van der Waals surface area (Å²) in [5.41, 5.74) is 1.39. The number of likely N-dealkylation sites (tertiary alicyclic amines) is 1. The molecule has 0 saturated carbocycles. The number of carbonyl (C=O) groups is 1. The molecule has 1 atom stereocenters. The molecule has 31 heavy (non-hydrogen) atoms. The molecule has 7 nitrogen and oxygen atoms in total. The van der Waals surface area contributed by atoms with Crippen LogP contribution in [-0.4, -0.2) is 47.7 Å². The molecule has 0 bridgehead atoms. The number of methoxy groups -OCH3 is 1. The molecule has 1 amide bonds. The zero-order chi connectivity index (χ0) is 21.6. The minimum absolute atomic E-state index is 0.0528. The van der Waals surface area contributed by atoms with Crippen LogP contribution in [0.25, 0.3) is 11.4 Å². The van der Waals surface area contributed by atoms with Crippen molar-refractivity contribution >= 4 is 11.6 Å². The van der Waals surface area contributed by atoms with Gasteiger partial charge in [-0.05, 0) is 55.8 Å². The van der Waals surface area contributed by atoms with Gasteiger partial charge in [-0.1, -0.05) is 17.3 Å². The fraction of sp³-hybridized carbons (Fsp3) is 0.348. The van der Waals surface area contributed by atoms with Gasteiger partial charge < -0.3 is 19.5 Å². The number of hydrogen-bond acceptors (Lipinski definition) is 6. The summed E-state index contributed by atoms with van der Waals surface area (Å²) in [6, 6.07) is 13.4. The number of carbonyl (C=O) groups excluding carboxylic acids is 1. The maximum atomic E-state index is 13.1. The van der Waals surface area contributed by atoms with Crippen molar-refractivity contribution in [2.75, 3.05) is 32.1 Å². The lowest BCUT2D eigenvalue weighted by atomic mass is 9.98. The second-order valence-corrected chi connectivity index (χ2v) is 7.60. The average Bonchev–Trinajstić information content (AvgIpc) is 3.29. The quantitative estimate of drug-likeness (QED) is 0.615. The van der Waals surface area contributed by atoms with Gasteiger partial charge in [0.1, 0.15) is 11.6 Å². The highest BCUT2D eigenvalue weighted by atomic mass is 19.1. The first kappa shape index (κ1) is 21.0. The second kappa shape index (κ2) is 9.70. The number of nitrogens with one attached hydrogen (secondary N) is 1. The van der Waals surface area contributed by atoms with E-state index in [2.05, 4.69) is 20.4 Å². The van der Waals surface area contributed by atoms with Crippen LogP contribution in [0.1, 0.15) is 31.1 Å². The van der Waals surface area contributed by atoms with E-state index >= 15 is 0 Å². The number of halogens is 1. The van der Waals surface area contributed by atoms with E-state index in [1.807, 2.05) is 24.3 Å². The van der Waals surface area contributed by atoms with Crippen LogP contribution in [0.5, 0.6) is 5.75 Å². The molecule has 0 aliphatic carbocycles. The van der Waals surface area contributed by atoms with Gasteiger partial charge in [-0.15, -0.1) is 0 Å². The number of amides is 1. The highest BCUT2D eigenvalue weighted by Crippen LogP contribution is 2.28. The number of hydrogen-bond donors (Lipinski definition) is 1. The van der Waals surface area contributed by atoms with Crippen LogP contribution >= 0.6 is 0 Å². The van der Waals surface area contributed by atoms with Gasteiger partial charge in [0.15, 0.2) is 0 Å². The molecule has 4 rings (SSSR count). The molecule has 1 fully saturated rings. The lowest BCUT2D eigenvalue weighted by Gasteiger charge is -2.30. The summed E-state index contributed by atoms with van der Waals surface area (Å²) >= 11 is 0. The molecular formula is C23H25FN4O3. The molecule has 1 saturated heterocycles. The molecule has 8 heteroatoms. The van der Waals surface area contributed by atoms with Crippen LogP contribution in [0.4, 0.5) is 10.1 Å². The molecule has 2 aromatic carbocycles. The van der Waals surface area contributed by atoms with Crippen LogP contribution in [0.2, 0.25) is 0 Å². The van der Waals surface area contributed by atoms with Crippen molar-refractivity contribution in [3.63, 3.8) is 0 Å². The lowest BCUT2D eigenvalue weighted by molar-refractivity contribution is -0.116. The second-order valence-electron chi connectivity index (χ2n) is 7.60. The van der Waals surface area contributed by atoms with E-state index in [1.165, 1.54) is 12.1 Å². The van der Waals surface area contributed by atoms with E-state index in [4.69, 9.17) is 9.26 Å². The fourth-order valence-corrected chi connectivity index (χ4v) is 3.80. The third-order valence-electron chi connectivity index (χ3n) is 5.44. The molecule has 0 radical (unpaired) electrons. The van der Waals surface area contributed by atoms with Gasteiger partial charge in [0.2, 0.25) is 17.6 Å². The highest BCUT2D eigenvalue weighted by molar-refractivity contribution is 5.92. The third kappa shape index (κ3) is 5.27. The molecule has 0 spiro atoms. The number of nitrogens with zero attached hydrogens (tertiary/aromatic N) is 3. The van der Waals surface area contributed by atoms with Gasteiger partial charge in [-0.25, -0.2) is 4.39 Å². The lowest BCUT2D eigenvalue weighted by Crippen LogP contribution is -2.36. The molecule has 2 heterocycles. The Morgan fingerprint density at radius 2 is 2.06 bits per heavy atom. The predicted octanol–water partition coefficient (Wildman–Crippen LogP) is 4.09. The zero-order valence-electron chi connectivity index (χ0n) is 17.4. The van der Waals surface area contributed by atoms with Gasteiger partial charge in [-0.3, -0.25) is 4.79 Å². The van der Waals surface area contributed by atoms with Crippen molar-refractivity contribution in [1.82, 2.24) is 15.0 Å². The Morgan fingerprint density at radius 1 is 1.26 bits per heavy atom. The largest absolute Gasteiger partial charge is 0.495 e. The van der Waals surface area contributed by atoms with Gasteiger partial charge in [0.05, 0.1) is 18.7 Å². The summed E-state index contributed by atoms with van der Waals surface area (Å²) in [5.74, 6) is 1.45. The molecule has 3 aromatic rings. The Labute approximate surface area is 180 Å². The number of benzene rings is 2. The monoisotopic (exact) mass is 424 g/mol. The normalized spacial score (nSPS) is 16.8. The number of piperidine rings is 1. The van der Waals surface area contributed by atoms with Gasteiger partial charge >= 0.3 is 0 Å². The SMILES string of the molecule is COc1ccccc1NC(=O)CCN1CCCC(c2nc(-c3ccc(F)cc3)no2)C1. The van der Waals surface area contributed by atoms with Crippen LogP contribution in [0.3, 0.4) is 0 Å². The van der Waals surface area contributed by atoms with Gasteiger partial charge in [0.25, 0.3) is 0 Å². The molecule has 1 N–H and O–H groups in total. The summed E-state index contributed by atoms with van der Waals surface area (Å²) in [5, 5.41) is 6.96. The maximum absolute atomic E-state index is 13.1. The summed E-state index contributed by atoms with van der Waals surface area (Å²) in [6.07, 6.45) is 2.33. The van der Waals surface area contributed by atoms with E-state index in [0.717, 1.165) is 31.5 Å². The smallest absolute Gasteiger partial charge is 0.231 e. The number of para-hydroxylation sites is 2. The predicted molar refractivity (Wildman–Crippen MR) is 114 cm³/mol. The van der Waals surface area contributed by atoms with E-state index in [0.29, 0.717) is 36.1 Å². The fourth-order valence-electron chi connectivity index (χ4n) is 3.80. The molecule has 1 unspecified atom stereocenters. The number of anilines is 1. The first-order valence-corrected chi connectivity index (χ1v) is 10.4. The van der Waals surface area contributed by atoms with E-state index in [9.17, 15) is 9.18 Å². The minimum Gasteiger partial charge on any atom is -0.495 e. The summed E-state index contributed by atoms with van der Waals surface area (Å²) < 4.78 is 23.9. The first-order chi connectivity index (χ1) is 15.1. The summed E-state index contributed by atoms with van der Waals surface area (Å²) in [6.45, 7) is 2.33. The van der Waals surface area contributed by atoms with Crippen molar-refractivity contribution in [2.45, 2.75) is 25.2 Å². The van der Waals surface area contributed by atoms with E-state index < -0.39 is 0 Å². The Morgan fingerprint density at radius 3 is 2.87 bits per heavy atom. The average molecular weight is 424 g/mol. The number of ether oxygens (including phenoxy) is 1. The minimum atomic E-state index is -0.301. The van der Waals surface area contributed by atoms with E-state index in [-0.39, 0.29) is 17.6 Å². The van der Waals surface area contributed by atoms with Crippen LogP contribution < -0.4 is 10.1 Å². The van der Waals surface area contributed by atoms with Crippen LogP contribution in [-0.2, 0) is 4.79 Å². The van der Waals surface area contributed by atoms with Crippen molar-refractivity contribution < 1.29 is 18.4 Å². The third-order valence-corrected chi connectivity index (χ3v) is 5.44. The Kier molecular flexibility index (Phi) is 6.57. The highest BCUT2D eigenvalue weighted by Gasteiger charge is 2.26. The molecule has 162 valence electrons. The van der Waals surface area contributed by atoms with E-state index in [1.54, 1.807) is 19.2 Å². The number of aromatic nitrogens is 2. The van der Waals surface area contributed by atoms with Crippen molar-refractivity contribution in [3.05, 3.63) is 60.2 Å².